The average molecular weight is 411 g/mol. The van der Waals surface area contributed by atoms with Gasteiger partial charge in [0, 0.05) is 10.0 Å². The molecule has 6 heteroatoms. The van der Waals surface area contributed by atoms with Gasteiger partial charge in [0.2, 0.25) is 0 Å². The topological polar surface area (TPSA) is 25.2 Å². The van der Waals surface area contributed by atoms with E-state index in [-0.39, 0.29) is 11.9 Å². The van der Waals surface area contributed by atoms with Crippen molar-refractivity contribution < 1.29 is 8.81 Å². The van der Waals surface area contributed by atoms with Crippen molar-refractivity contribution >= 4 is 43.5 Å². The molecule has 1 aromatic carbocycles. The van der Waals surface area contributed by atoms with Gasteiger partial charge in [-0.1, -0.05) is 18.5 Å². The molecule has 2 rings (SSSR count). The zero-order valence-corrected chi connectivity index (χ0v) is 13.9. The normalized spacial score (nSPS) is 12.7. The van der Waals surface area contributed by atoms with E-state index in [2.05, 4.69) is 37.2 Å². The van der Waals surface area contributed by atoms with Crippen LogP contribution in [0.3, 0.4) is 0 Å². The van der Waals surface area contributed by atoms with E-state index < -0.39 is 0 Å². The lowest BCUT2D eigenvalue weighted by molar-refractivity contribution is 0.428. The minimum absolute atomic E-state index is 0.338. The van der Waals surface area contributed by atoms with E-state index in [1.165, 1.54) is 6.07 Å². The second-order valence-electron chi connectivity index (χ2n) is 3.92. The fourth-order valence-corrected chi connectivity index (χ4v) is 2.62. The molecule has 1 heterocycles. The highest BCUT2D eigenvalue weighted by atomic mass is 79.9. The number of rotatable bonds is 4. The van der Waals surface area contributed by atoms with Crippen molar-refractivity contribution in [3.05, 3.63) is 55.6 Å². The number of hydrogen-bond donors (Lipinski definition) is 1. The first-order valence-electron chi connectivity index (χ1n) is 5.66. The maximum atomic E-state index is 14.1. The van der Waals surface area contributed by atoms with Crippen molar-refractivity contribution in [1.82, 2.24) is 5.32 Å². The molecule has 1 aromatic heterocycles. The lowest BCUT2D eigenvalue weighted by Crippen LogP contribution is -2.22. The fourth-order valence-electron chi connectivity index (χ4n) is 1.81. The van der Waals surface area contributed by atoms with Crippen molar-refractivity contribution in [3.63, 3.8) is 0 Å². The van der Waals surface area contributed by atoms with Crippen LogP contribution < -0.4 is 5.32 Å². The summed E-state index contributed by atoms with van der Waals surface area (Å²) in [7, 11) is 0. The molecule has 19 heavy (non-hydrogen) atoms. The van der Waals surface area contributed by atoms with Crippen molar-refractivity contribution in [3.8, 4) is 0 Å². The molecule has 0 amide bonds. The van der Waals surface area contributed by atoms with Gasteiger partial charge in [0.15, 0.2) is 4.67 Å². The van der Waals surface area contributed by atoms with Gasteiger partial charge in [-0.05, 0) is 62.7 Å². The summed E-state index contributed by atoms with van der Waals surface area (Å²) in [5, 5.41) is 3.65. The maximum Gasteiger partial charge on any atom is 0.169 e. The number of hydrogen-bond acceptors (Lipinski definition) is 2. The Labute approximate surface area is 132 Å². The van der Waals surface area contributed by atoms with Crippen molar-refractivity contribution in [2.75, 3.05) is 6.54 Å². The van der Waals surface area contributed by atoms with Gasteiger partial charge in [-0.25, -0.2) is 4.39 Å². The molecule has 0 aliphatic heterocycles. The molecule has 1 N–H and O–H groups in total. The highest BCUT2D eigenvalue weighted by molar-refractivity contribution is 9.10. The molecular weight excluding hydrogens is 400 g/mol. The fraction of sp³-hybridized carbons (Fsp3) is 0.231. The minimum atomic E-state index is -0.373. The van der Waals surface area contributed by atoms with Crippen LogP contribution >= 0.6 is 43.5 Å². The van der Waals surface area contributed by atoms with Gasteiger partial charge in [-0.15, -0.1) is 0 Å². The number of halogens is 4. The number of nitrogens with one attached hydrogen (secondary N) is 1. The first-order valence-corrected chi connectivity index (χ1v) is 7.62. The summed E-state index contributed by atoms with van der Waals surface area (Å²) in [6, 6.07) is 6.16. The Morgan fingerprint density at radius 1 is 1.37 bits per heavy atom. The zero-order valence-electron chi connectivity index (χ0n) is 10.0. The summed E-state index contributed by atoms with van der Waals surface area (Å²) >= 11 is 12.5. The van der Waals surface area contributed by atoms with Crippen LogP contribution in [0.5, 0.6) is 0 Å². The smallest absolute Gasteiger partial charge is 0.169 e. The number of furan rings is 1. The Morgan fingerprint density at radius 2 is 2.11 bits per heavy atom. The van der Waals surface area contributed by atoms with Crippen LogP contribution in [0.4, 0.5) is 4.39 Å². The summed E-state index contributed by atoms with van der Waals surface area (Å²) in [6.45, 7) is 2.62. The minimum Gasteiger partial charge on any atom is -0.452 e. The van der Waals surface area contributed by atoms with E-state index in [4.69, 9.17) is 16.0 Å². The average Bonchev–Trinajstić information content (AvgIpc) is 2.78. The lowest BCUT2D eigenvalue weighted by atomic mass is 10.0. The van der Waals surface area contributed by atoms with Crippen LogP contribution in [0.25, 0.3) is 0 Å². The SMILES string of the molecule is CCNC(c1ccc(Br)o1)c1cc(Cl)c(Br)cc1F. The third kappa shape index (κ3) is 3.40. The summed E-state index contributed by atoms with van der Waals surface area (Å²) in [5.41, 5.74) is 0.455. The third-order valence-electron chi connectivity index (χ3n) is 2.64. The van der Waals surface area contributed by atoms with Crippen LogP contribution in [0.1, 0.15) is 24.3 Å². The monoisotopic (exact) mass is 409 g/mol. The molecule has 0 saturated carbocycles. The highest BCUT2D eigenvalue weighted by Crippen LogP contribution is 2.32. The van der Waals surface area contributed by atoms with Crippen LogP contribution in [-0.4, -0.2) is 6.54 Å². The molecule has 1 unspecified atom stereocenters. The second-order valence-corrected chi connectivity index (χ2v) is 5.96. The molecule has 1 atom stereocenters. The van der Waals surface area contributed by atoms with Gasteiger partial charge in [0.1, 0.15) is 11.6 Å². The Hall–Kier alpha value is -0.360. The van der Waals surface area contributed by atoms with Crippen molar-refractivity contribution in [1.29, 1.82) is 0 Å². The molecule has 2 aromatic rings. The largest absolute Gasteiger partial charge is 0.452 e. The van der Waals surface area contributed by atoms with Gasteiger partial charge in [-0.3, -0.25) is 0 Å². The van der Waals surface area contributed by atoms with E-state index >= 15 is 0 Å². The Balaban J connectivity index is 2.47. The van der Waals surface area contributed by atoms with Gasteiger partial charge in [0.05, 0.1) is 11.1 Å². The molecule has 0 fully saturated rings. The molecule has 0 bridgehead atoms. The van der Waals surface area contributed by atoms with E-state index in [1.807, 2.05) is 6.92 Å². The summed E-state index contributed by atoms with van der Waals surface area (Å²) in [4.78, 5) is 0. The molecule has 0 saturated heterocycles. The molecule has 102 valence electrons. The van der Waals surface area contributed by atoms with Crippen LogP contribution in [-0.2, 0) is 0 Å². The zero-order chi connectivity index (χ0) is 14.0. The predicted octanol–water partition coefficient (Wildman–Crippen LogP) is 5.30. The Bertz CT molecular complexity index is 588. The molecule has 0 spiro atoms. The summed E-state index contributed by atoms with van der Waals surface area (Å²) in [5.74, 6) is 0.292. The first kappa shape index (κ1) is 15.0. The molecule has 0 aliphatic carbocycles. The van der Waals surface area contributed by atoms with E-state index in [0.29, 0.717) is 32.0 Å². The van der Waals surface area contributed by atoms with E-state index in [0.717, 1.165) is 0 Å². The van der Waals surface area contributed by atoms with Gasteiger partial charge in [-0.2, -0.15) is 0 Å². The number of benzene rings is 1. The summed E-state index contributed by atoms with van der Waals surface area (Å²) in [6.07, 6.45) is 0. The van der Waals surface area contributed by atoms with Gasteiger partial charge in [0.25, 0.3) is 0 Å². The third-order valence-corrected chi connectivity index (χ3v) is 4.26. The van der Waals surface area contributed by atoms with E-state index in [9.17, 15) is 4.39 Å². The van der Waals surface area contributed by atoms with Crippen molar-refractivity contribution in [2.45, 2.75) is 13.0 Å². The Kier molecular flexibility index (Phi) is 5.06. The predicted molar refractivity (Wildman–Crippen MR) is 81.0 cm³/mol. The van der Waals surface area contributed by atoms with Gasteiger partial charge < -0.3 is 9.73 Å². The lowest BCUT2D eigenvalue weighted by Gasteiger charge is -2.17. The van der Waals surface area contributed by atoms with Crippen LogP contribution in [0.2, 0.25) is 5.02 Å². The highest BCUT2D eigenvalue weighted by Gasteiger charge is 2.21. The van der Waals surface area contributed by atoms with Crippen molar-refractivity contribution in [2.24, 2.45) is 0 Å². The van der Waals surface area contributed by atoms with E-state index in [1.54, 1.807) is 18.2 Å². The quantitative estimate of drug-likeness (QED) is 0.691. The van der Waals surface area contributed by atoms with Crippen LogP contribution in [0, 0.1) is 5.82 Å². The van der Waals surface area contributed by atoms with Gasteiger partial charge >= 0.3 is 0 Å². The second kappa shape index (κ2) is 6.39. The molecule has 0 aliphatic rings. The standard InChI is InChI=1S/C13H11Br2ClFNO/c1-2-18-13(11-3-4-12(15)19-11)7-5-9(16)8(14)6-10(7)17/h3-6,13,18H,2H2,1H3. The summed E-state index contributed by atoms with van der Waals surface area (Å²) < 4.78 is 20.8. The molecular formula is C13H11Br2ClFNO. The first-order chi connectivity index (χ1) is 9.02. The maximum absolute atomic E-state index is 14.1. The Morgan fingerprint density at radius 3 is 2.68 bits per heavy atom. The molecule has 2 nitrogen and oxygen atoms in total. The van der Waals surface area contributed by atoms with Crippen LogP contribution in [0.15, 0.2) is 37.8 Å². The molecule has 0 radical (unpaired) electrons.